The monoisotopic (exact) mass is 315 g/mol. The number of thiophene rings is 1. The van der Waals surface area contributed by atoms with E-state index in [9.17, 15) is 0 Å². The summed E-state index contributed by atoms with van der Waals surface area (Å²) in [7, 11) is 0. The first-order valence-electron chi connectivity index (χ1n) is 5.41. The number of halogens is 1. The molecule has 0 aliphatic rings. The third-order valence-corrected chi connectivity index (χ3v) is 4.25. The molecule has 92 valence electrons. The fourth-order valence-corrected chi connectivity index (χ4v) is 2.97. The molecule has 0 saturated heterocycles. The van der Waals surface area contributed by atoms with Crippen molar-refractivity contribution in [3.63, 3.8) is 0 Å². The van der Waals surface area contributed by atoms with E-state index >= 15 is 0 Å². The topological polar surface area (TPSA) is 51.0 Å². The van der Waals surface area contributed by atoms with Gasteiger partial charge in [-0.2, -0.15) is 4.98 Å². The molecule has 2 heterocycles. The van der Waals surface area contributed by atoms with Crippen molar-refractivity contribution in [1.29, 1.82) is 0 Å². The molecule has 0 aliphatic carbocycles. The molecular formula is C11H14BrN3OS. The number of aryl methyl sites for hydroxylation is 1. The fraction of sp³-hybridized carbons (Fsp3) is 0.455. The third-order valence-electron chi connectivity index (χ3n) is 2.37. The Morgan fingerprint density at radius 3 is 3.00 bits per heavy atom. The van der Waals surface area contributed by atoms with Crippen LogP contribution >= 0.6 is 27.3 Å². The molecule has 6 heteroatoms. The molecular weight excluding hydrogens is 302 g/mol. The van der Waals surface area contributed by atoms with Crippen LogP contribution in [0.2, 0.25) is 0 Å². The van der Waals surface area contributed by atoms with Crippen LogP contribution in [0.25, 0.3) is 0 Å². The maximum absolute atomic E-state index is 5.05. The number of aromatic nitrogens is 2. The van der Waals surface area contributed by atoms with Gasteiger partial charge in [-0.3, -0.25) is 0 Å². The Balaban J connectivity index is 1.78. The maximum atomic E-state index is 5.05. The molecule has 17 heavy (non-hydrogen) atoms. The minimum Gasteiger partial charge on any atom is -0.339 e. The summed E-state index contributed by atoms with van der Waals surface area (Å²) >= 11 is 5.20. The highest BCUT2D eigenvalue weighted by molar-refractivity contribution is 9.10. The van der Waals surface area contributed by atoms with Crippen LogP contribution in [-0.4, -0.2) is 16.7 Å². The van der Waals surface area contributed by atoms with Crippen molar-refractivity contribution in [2.75, 3.05) is 6.54 Å². The molecule has 0 aromatic carbocycles. The molecule has 4 nitrogen and oxygen atoms in total. The van der Waals surface area contributed by atoms with Crippen LogP contribution in [0.15, 0.2) is 20.4 Å². The molecule has 2 aromatic rings. The summed E-state index contributed by atoms with van der Waals surface area (Å²) in [6.45, 7) is 4.81. The van der Waals surface area contributed by atoms with E-state index in [0.29, 0.717) is 17.8 Å². The SMILES string of the molecule is Cc1noc(CCNC(C)c2cc(Br)cs2)n1. The van der Waals surface area contributed by atoms with Crippen LogP contribution in [-0.2, 0) is 6.42 Å². The fourth-order valence-electron chi connectivity index (χ4n) is 1.49. The minimum atomic E-state index is 0.343. The van der Waals surface area contributed by atoms with Gasteiger partial charge in [-0.05, 0) is 35.8 Å². The number of hydrogen-bond donors (Lipinski definition) is 1. The predicted molar refractivity (Wildman–Crippen MR) is 71.2 cm³/mol. The van der Waals surface area contributed by atoms with E-state index < -0.39 is 0 Å². The van der Waals surface area contributed by atoms with Gasteiger partial charge in [-0.15, -0.1) is 11.3 Å². The van der Waals surface area contributed by atoms with Crippen molar-refractivity contribution in [3.05, 3.63) is 32.5 Å². The van der Waals surface area contributed by atoms with Crippen LogP contribution in [0.1, 0.15) is 29.6 Å². The molecule has 0 saturated carbocycles. The summed E-state index contributed by atoms with van der Waals surface area (Å²) in [4.78, 5) is 5.48. The van der Waals surface area contributed by atoms with E-state index in [4.69, 9.17) is 4.52 Å². The van der Waals surface area contributed by atoms with Crippen molar-refractivity contribution >= 4 is 27.3 Å². The van der Waals surface area contributed by atoms with Gasteiger partial charge in [-0.1, -0.05) is 5.16 Å². The van der Waals surface area contributed by atoms with Gasteiger partial charge in [-0.25, -0.2) is 0 Å². The Morgan fingerprint density at radius 1 is 1.59 bits per heavy atom. The molecule has 0 spiro atoms. The lowest BCUT2D eigenvalue weighted by molar-refractivity contribution is 0.370. The first-order chi connectivity index (χ1) is 8.15. The minimum absolute atomic E-state index is 0.343. The van der Waals surface area contributed by atoms with Gasteiger partial charge in [0.05, 0.1) is 0 Å². The molecule has 0 amide bonds. The maximum Gasteiger partial charge on any atom is 0.227 e. The summed E-state index contributed by atoms with van der Waals surface area (Å²) in [5, 5.41) is 9.28. The Bertz CT molecular complexity index is 483. The number of nitrogens with zero attached hydrogens (tertiary/aromatic N) is 2. The second-order valence-electron chi connectivity index (χ2n) is 3.83. The Morgan fingerprint density at radius 2 is 2.41 bits per heavy atom. The summed E-state index contributed by atoms with van der Waals surface area (Å²) in [6.07, 6.45) is 0.762. The number of hydrogen-bond acceptors (Lipinski definition) is 5. The summed E-state index contributed by atoms with van der Waals surface area (Å²) < 4.78 is 6.19. The van der Waals surface area contributed by atoms with Crippen LogP contribution < -0.4 is 5.32 Å². The van der Waals surface area contributed by atoms with Crippen molar-refractivity contribution in [3.8, 4) is 0 Å². The number of nitrogens with one attached hydrogen (secondary N) is 1. The van der Waals surface area contributed by atoms with Gasteiger partial charge in [0, 0.05) is 33.7 Å². The van der Waals surface area contributed by atoms with Crippen molar-refractivity contribution in [2.45, 2.75) is 26.3 Å². The molecule has 0 radical (unpaired) electrons. The molecule has 0 aliphatic heterocycles. The van der Waals surface area contributed by atoms with Crippen molar-refractivity contribution in [1.82, 2.24) is 15.5 Å². The van der Waals surface area contributed by atoms with Gasteiger partial charge in [0.25, 0.3) is 0 Å². The highest BCUT2D eigenvalue weighted by Crippen LogP contribution is 2.25. The first-order valence-corrected chi connectivity index (χ1v) is 7.09. The second kappa shape index (κ2) is 5.75. The van der Waals surface area contributed by atoms with E-state index in [1.54, 1.807) is 11.3 Å². The van der Waals surface area contributed by atoms with E-state index in [1.165, 1.54) is 4.88 Å². The Labute approximate surface area is 113 Å². The summed E-state index contributed by atoms with van der Waals surface area (Å²) in [6, 6.07) is 2.48. The van der Waals surface area contributed by atoms with Gasteiger partial charge in [0.2, 0.25) is 5.89 Å². The first kappa shape index (κ1) is 12.7. The van der Waals surface area contributed by atoms with Crippen LogP contribution in [0.3, 0.4) is 0 Å². The largest absolute Gasteiger partial charge is 0.339 e. The molecule has 0 fully saturated rings. The normalized spacial score (nSPS) is 12.9. The van der Waals surface area contributed by atoms with Crippen LogP contribution in [0.5, 0.6) is 0 Å². The van der Waals surface area contributed by atoms with Gasteiger partial charge >= 0.3 is 0 Å². The highest BCUT2D eigenvalue weighted by atomic mass is 79.9. The highest BCUT2D eigenvalue weighted by Gasteiger charge is 2.08. The van der Waals surface area contributed by atoms with E-state index in [0.717, 1.165) is 17.4 Å². The van der Waals surface area contributed by atoms with E-state index in [1.807, 2.05) is 6.92 Å². The molecule has 1 N–H and O–H groups in total. The van der Waals surface area contributed by atoms with Crippen molar-refractivity contribution < 1.29 is 4.52 Å². The summed E-state index contributed by atoms with van der Waals surface area (Å²) in [5.74, 6) is 1.38. The Kier molecular flexibility index (Phi) is 4.31. The second-order valence-corrected chi connectivity index (χ2v) is 5.69. The summed E-state index contributed by atoms with van der Waals surface area (Å²) in [5.41, 5.74) is 0. The van der Waals surface area contributed by atoms with Crippen LogP contribution in [0, 0.1) is 6.92 Å². The van der Waals surface area contributed by atoms with Gasteiger partial charge < -0.3 is 9.84 Å². The molecule has 1 unspecified atom stereocenters. The lowest BCUT2D eigenvalue weighted by Crippen LogP contribution is -2.20. The smallest absolute Gasteiger partial charge is 0.227 e. The standard InChI is InChI=1S/C11H14BrN3OS/c1-7(10-5-9(12)6-17-10)13-4-3-11-14-8(2)15-16-11/h5-7,13H,3-4H2,1-2H3. The lowest BCUT2D eigenvalue weighted by Gasteiger charge is -2.10. The average molecular weight is 316 g/mol. The lowest BCUT2D eigenvalue weighted by atomic mass is 10.2. The van der Waals surface area contributed by atoms with Gasteiger partial charge in [0.1, 0.15) is 0 Å². The number of rotatable bonds is 5. The average Bonchev–Trinajstić information content (AvgIpc) is 2.88. The molecule has 1 atom stereocenters. The molecule has 2 rings (SSSR count). The zero-order valence-corrected chi connectivity index (χ0v) is 12.1. The predicted octanol–water partition coefficient (Wildman–Crippen LogP) is 3.10. The Hall–Kier alpha value is -0.720. The van der Waals surface area contributed by atoms with Gasteiger partial charge in [0.15, 0.2) is 5.82 Å². The zero-order chi connectivity index (χ0) is 12.3. The molecule has 0 bridgehead atoms. The van der Waals surface area contributed by atoms with E-state index in [-0.39, 0.29) is 0 Å². The quantitative estimate of drug-likeness (QED) is 0.921. The van der Waals surface area contributed by atoms with E-state index in [2.05, 4.69) is 49.8 Å². The molecule has 2 aromatic heterocycles. The van der Waals surface area contributed by atoms with Crippen LogP contribution in [0.4, 0.5) is 0 Å². The van der Waals surface area contributed by atoms with Crippen molar-refractivity contribution in [2.24, 2.45) is 0 Å². The third kappa shape index (κ3) is 3.62. The zero-order valence-electron chi connectivity index (χ0n) is 9.74.